The van der Waals surface area contributed by atoms with Crippen molar-refractivity contribution < 1.29 is 4.39 Å². The van der Waals surface area contributed by atoms with Crippen LogP contribution in [0, 0.1) is 5.82 Å². The number of halogens is 1. The SMILES string of the molecule is N[C@@H]1c2c(F)cccc2C[C@H]1N1CCCC1. The van der Waals surface area contributed by atoms with Gasteiger partial charge in [0.05, 0.1) is 0 Å². The molecule has 0 aromatic heterocycles. The van der Waals surface area contributed by atoms with Gasteiger partial charge in [0.1, 0.15) is 5.82 Å². The highest BCUT2D eigenvalue weighted by atomic mass is 19.1. The molecule has 1 aromatic carbocycles. The Kier molecular flexibility index (Phi) is 2.45. The number of likely N-dealkylation sites (tertiary alicyclic amines) is 1. The number of fused-ring (bicyclic) bond motifs is 1. The van der Waals surface area contributed by atoms with E-state index in [0.29, 0.717) is 6.04 Å². The lowest BCUT2D eigenvalue weighted by atomic mass is 10.1. The highest BCUT2D eigenvalue weighted by molar-refractivity contribution is 5.38. The minimum atomic E-state index is -0.144. The highest BCUT2D eigenvalue weighted by Gasteiger charge is 2.36. The van der Waals surface area contributed by atoms with Crippen molar-refractivity contribution >= 4 is 0 Å². The lowest BCUT2D eigenvalue weighted by molar-refractivity contribution is 0.221. The predicted octanol–water partition coefficient (Wildman–Crippen LogP) is 1.85. The molecule has 1 aromatic rings. The van der Waals surface area contributed by atoms with Gasteiger partial charge < -0.3 is 5.73 Å². The highest BCUT2D eigenvalue weighted by Crippen LogP contribution is 2.35. The van der Waals surface area contributed by atoms with Gasteiger partial charge >= 0.3 is 0 Å². The Morgan fingerprint density at radius 3 is 2.69 bits per heavy atom. The third kappa shape index (κ3) is 1.46. The van der Waals surface area contributed by atoms with Crippen molar-refractivity contribution in [2.45, 2.75) is 31.3 Å². The first kappa shape index (κ1) is 10.2. The van der Waals surface area contributed by atoms with Gasteiger partial charge in [-0.1, -0.05) is 12.1 Å². The van der Waals surface area contributed by atoms with Crippen LogP contribution >= 0.6 is 0 Å². The lowest BCUT2D eigenvalue weighted by Gasteiger charge is -2.27. The molecule has 2 N–H and O–H groups in total. The van der Waals surface area contributed by atoms with E-state index in [1.54, 1.807) is 6.07 Å². The van der Waals surface area contributed by atoms with E-state index < -0.39 is 0 Å². The van der Waals surface area contributed by atoms with Crippen molar-refractivity contribution in [3.8, 4) is 0 Å². The number of benzene rings is 1. The zero-order valence-corrected chi connectivity index (χ0v) is 9.32. The monoisotopic (exact) mass is 220 g/mol. The van der Waals surface area contributed by atoms with Crippen LogP contribution in [-0.4, -0.2) is 24.0 Å². The molecule has 0 unspecified atom stereocenters. The first-order chi connectivity index (χ1) is 7.77. The number of nitrogens with zero attached hydrogens (tertiary/aromatic N) is 1. The summed E-state index contributed by atoms with van der Waals surface area (Å²) >= 11 is 0. The normalized spacial score (nSPS) is 29.6. The van der Waals surface area contributed by atoms with Crippen molar-refractivity contribution in [3.63, 3.8) is 0 Å². The van der Waals surface area contributed by atoms with Crippen LogP contribution in [0.4, 0.5) is 4.39 Å². The molecule has 0 bridgehead atoms. The fraction of sp³-hybridized carbons (Fsp3) is 0.538. The second-order valence-electron chi connectivity index (χ2n) is 4.85. The van der Waals surface area contributed by atoms with E-state index in [2.05, 4.69) is 4.90 Å². The van der Waals surface area contributed by atoms with Crippen LogP contribution in [-0.2, 0) is 6.42 Å². The first-order valence-corrected chi connectivity index (χ1v) is 6.04. The predicted molar refractivity (Wildman–Crippen MR) is 61.6 cm³/mol. The first-order valence-electron chi connectivity index (χ1n) is 6.04. The Morgan fingerprint density at radius 1 is 1.25 bits per heavy atom. The van der Waals surface area contributed by atoms with E-state index in [0.717, 1.165) is 30.6 Å². The molecule has 16 heavy (non-hydrogen) atoms. The van der Waals surface area contributed by atoms with E-state index in [9.17, 15) is 4.39 Å². The summed E-state index contributed by atoms with van der Waals surface area (Å²) in [5.74, 6) is -0.133. The zero-order chi connectivity index (χ0) is 11.1. The van der Waals surface area contributed by atoms with Crippen molar-refractivity contribution in [3.05, 3.63) is 35.1 Å². The van der Waals surface area contributed by atoms with Gasteiger partial charge in [0.25, 0.3) is 0 Å². The standard InChI is InChI=1S/C13H17FN2/c14-10-5-3-4-9-8-11(13(15)12(9)10)16-6-1-2-7-16/h3-5,11,13H,1-2,6-8,15H2/t11-,13+/m1/s1. The quantitative estimate of drug-likeness (QED) is 0.782. The van der Waals surface area contributed by atoms with E-state index in [1.807, 2.05) is 6.07 Å². The topological polar surface area (TPSA) is 29.3 Å². The van der Waals surface area contributed by atoms with E-state index in [4.69, 9.17) is 5.73 Å². The molecule has 0 radical (unpaired) electrons. The average molecular weight is 220 g/mol. The van der Waals surface area contributed by atoms with Crippen LogP contribution in [0.1, 0.15) is 30.0 Å². The molecule has 0 spiro atoms. The molecule has 1 heterocycles. The third-order valence-corrected chi connectivity index (χ3v) is 3.93. The molecule has 2 nitrogen and oxygen atoms in total. The van der Waals surface area contributed by atoms with Crippen LogP contribution in [0.5, 0.6) is 0 Å². The number of rotatable bonds is 1. The summed E-state index contributed by atoms with van der Waals surface area (Å²) in [6, 6.07) is 5.48. The number of hydrogen-bond acceptors (Lipinski definition) is 2. The summed E-state index contributed by atoms with van der Waals surface area (Å²) in [5, 5.41) is 0. The molecule has 3 heteroatoms. The Hall–Kier alpha value is -0.930. The van der Waals surface area contributed by atoms with E-state index in [1.165, 1.54) is 18.9 Å². The van der Waals surface area contributed by atoms with Gasteiger partial charge in [-0.05, 0) is 44.0 Å². The largest absolute Gasteiger partial charge is 0.323 e. The van der Waals surface area contributed by atoms with Gasteiger partial charge in [0, 0.05) is 17.6 Å². The van der Waals surface area contributed by atoms with Crippen molar-refractivity contribution in [2.24, 2.45) is 5.73 Å². The van der Waals surface area contributed by atoms with Gasteiger partial charge in [-0.15, -0.1) is 0 Å². The van der Waals surface area contributed by atoms with Crippen LogP contribution in [0.3, 0.4) is 0 Å². The van der Waals surface area contributed by atoms with E-state index in [-0.39, 0.29) is 11.9 Å². The summed E-state index contributed by atoms with van der Waals surface area (Å²) in [7, 11) is 0. The molecular weight excluding hydrogens is 203 g/mol. The Labute approximate surface area is 95.2 Å². The maximum absolute atomic E-state index is 13.7. The molecule has 2 atom stereocenters. The fourth-order valence-electron chi connectivity index (χ4n) is 3.11. The minimum absolute atomic E-state index is 0.133. The summed E-state index contributed by atoms with van der Waals surface area (Å²) in [6.07, 6.45) is 3.42. The molecular formula is C13H17FN2. The lowest BCUT2D eigenvalue weighted by Crippen LogP contribution is -2.39. The van der Waals surface area contributed by atoms with Gasteiger partial charge in [-0.25, -0.2) is 4.39 Å². The summed E-state index contributed by atoms with van der Waals surface area (Å²) in [6.45, 7) is 2.24. The number of hydrogen-bond donors (Lipinski definition) is 1. The van der Waals surface area contributed by atoms with Gasteiger partial charge in [-0.2, -0.15) is 0 Å². The maximum atomic E-state index is 13.7. The fourth-order valence-corrected chi connectivity index (χ4v) is 3.11. The van der Waals surface area contributed by atoms with Crippen molar-refractivity contribution in [1.82, 2.24) is 4.90 Å². The molecule has 86 valence electrons. The number of nitrogens with two attached hydrogens (primary N) is 1. The molecule has 1 saturated heterocycles. The Bertz CT molecular complexity index is 399. The second-order valence-corrected chi connectivity index (χ2v) is 4.85. The molecule has 1 fully saturated rings. The zero-order valence-electron chi connectivity index (χ0n) is 9.32. The third-order valence-electron chi connectivity index (χ3n) is 3.93. The molecule has 3 rings (SSSR count). The average Bonchev–Trinajstić information content (AvgIpc) is 2.86. The molecule has 1 aliphatic carbocycles. The van der Waals surface area contributed by atoms with Crippen LogP contribution in [0.25, 0.3) is 0 Å². The second kappa shape index (κ2) is 3.82. The minimum Gasteiger partial charge on any atom is -0.323 e. The van der Waals surface area contributed by atoms with Crippen molar-refractivity contribution in [1.29, 1.82) is 0 Å². The van der Waals surface area contributed by atoms with Crippen molar-refractivity contribution in [2.75, 3.05) is 13.1 Å². The Morgan fingerprint density at radius 2 is 2.00 bits per heavy atom. The summed E-state index contributed by atoms with van der Waals surface area (Å²) in [4.78, 5) is 2.42. The van der Waals surface area contributed by atoms with Gasteiger partial charge in [0.2, 0.25) is 0 Å². The maximum Gasteiger partial charge on any atom is 0.128 e. The molecule has 2 aliphatic rings. The smallest absolute Gasteiger partial charge is 0.128 e. The van der Waals surface area contributed by atoms with Crippen LogP contribution in [0.2, 0.25) is 0 Å². The van der Waals surface area contributed by atoms with E-state index >= 15 is 0 Å². The van der Waals surface area contributed by atoms with Crippen LogP contribution < -0.4 is 5.73 Å². The molecule has 1 aliphatic heterocycles. The summed E-state index contributed by atoms with van der Waals surface area (Å²) in [5.41, 5.74) is 8.04. The molecule has 0 amide bonds. The molecule has 0 saturated carbocycles. The van der Waals surface area contributed by atoms with Gasteiger partial charge in [-0.3, -0.25) is 4.90 Å². The van der Waals surface area contributed by atoms with Crippen LogP contribution in [0.15, 0.2) is 18.2 Å². The Balaban J connectivity index is 1.91. The van der Waals surface area contributed by atoms with Gasteiger partial charge in [0.15, 0.2) is 0 Å². The summed E-state index contributed by atoms with van der Waals surface area (Å²) < 4.78 is 13.7.